The second-order valence-corrected chi connectivity index (χ2v) is 9.84. The predicted molar refractivity (Wildman–Crippen MR) is 144 cm³/mol. The van der Waals surface area contributed by atoms with Crippen LogP contribution in [0.5, 0.6) is 5.75 Å². The van der Waals surface area contributed by atoms with Gasteiger partial charge in [-0.25, -0.2) is 18.7 Å². The van der Waals surface area contributed by atoms with Gasteiger partial charge >= 0.3 is 0 Å². The summed E-state index contributed by atoms with van der Waals surface area (Å²) in [4.78, 5) is 17.1. The topological polar surface area (TPSA) is 125 Å². The van der Waals surface area contributed by atoms with Crippen LogP contribution in [-0.2, 0) is 5.60 Å². The number of benzene rings is 2. The molecule has 204 valence electrons. The number of aromatic nitrogens is 3. The molecule has 1 aliphatic heterocycles. The number of nitrogen functional groups attached to an aromatic ring is 1. The first-order valence-corrected chi connectivity index (χ1v) is 12.4. The van der Waals surface area contributed by atoms with Gasteiger partial charge in [-0.2, -0.15) is 4.98 Å². The van der Waals surface area contributed by atoms with E-state index < -0.39 is 17.2 Å². The summed E-state index contributed by atoms with van der Waals surface area (Å²) in [7, 11) is 3.56. The van der Waals surface area contributed by atoms with Gasteiger partial charge in [-0.3, -0.25) is 0 Å². The van der Waals surface area contributed by atoms with E-state index in [1.54, 1.807) is 13.2 Å². The van der Waals surface area contributed by atoms with Crippen molar-refractivity contribution >= 4 is 34.6 Å². The minimum absolute atomic E-state index is 0.0595. The maximum Gasteiger partial charge on any atom is 0.232 e. The van der Waals surface area contributed by atoms with Crippen LogP contribution < -0.4 is 26.0 Å². The minimum atomic E-state index is -1.45. The Hall–Kier alpha value is -3.77. The molecule has 3 aromatic rings. The van der Waals surface area contributed by atoms with E-state index in [9.17, 15) is 13.9 Å². The Morgan fingerprint density at radius 2 is 1.68 bits per heavy atom. The number of likely N-dealkylation sites (N-methyl/N-ethyl adjacent to an activating group) is 1. The Morgan fingerprint density at radius 3 is 2.32 bits per heavy atom. The zero-order valence-corrected chi connectivity index (χ0v) is 22.1. The van der Waals surface area contributed by atoms with Gasteiger partial charge in [0.05, 0.1) is 35.5 Å². The zero-order chi connectivity index (χ0) is 27.4. The molecule has 0 saturated carbocycles. The second-order valence-electron chi connectivity index (χ2n) is 9.84. The Morgan fingerprint density at radius 1 is 1.05 bits per heavy atom. The standard InChI is InChI=1S/C26H34F2N8O2/c1-26(2,37)16-11-17(27)18(28)12-20(16)32-24-30-15-31-25(34-24)33-21-13-19(29)22(14-23(21)38-4)35(3)9-10-36-7-5-6-8-36/h11-15,37H,5-10,29H2,1-4H3,(H2,30,31,32,33,34). The van der Waals surface area contributed by atoms with Crippen molar-refractivity contribution in [2.24, 2.45) is 0 Å². The van der Waals surface area contributed by atoms with Crippen molar-refractivity contribution in [1.82, 2.24) is 19.9 Å². The first-order chi connectivity index (χ1) is 18.0. The predicted octanol–water partition coefficient (Wildman–Crippen LogP) is 3.99. The second kappa shape index (κ2) is 11.3. The molecule has 1 aliphatic rings. The molecule has 12 heteroatoms. The van der Waals surface area contributed by atoms with Crippen LogP contribution in [0.3, 0.4) is 0 Å². The van der Waals surface area contributed by atoms with Gasteiger partial charge in [-0.1, -0.05) is 0 Å². The summed E-state index contributed by atoms with van der Waals surface area (Å²) in [5.74, 6) is -1.37. The summed E-state index contributed by atoms with van der Waals surface area (Å²) in [6, 6.07) is 5.50. The van der Waals surface area contributed by atoms with Gasteiger partial charge in [0.25, 0.3) is 0 Å². The normalized spacial score (nSPS) is 14.0. The largest absolute Gasteiger partial charge is 0.494 e. The summed E-state index contributed by atoms with van der Waals surface area (Å²) in [6.07, 6.45) is 3.75. The van der Waals surface area contributed by atoms with E-state index >= 15 is 0 Å². The number of nitrogens with two attached hydrogens (primary N) is 1. The first-order valence-electron chi connectivity index (χ1n) is 12.4. The molecule has 0 aliphatic carbocycles. The summed E-state index contributed by atoms with van der Waals surface area (Å²) in [5, 5.41) is 16.3. The van der Waals surface area contributed by atoms with Crippen LogP contribution in [-0.4, -0.2) is 65.3 Å². The number of anilines is 6. The fraction of sp³-hybridized carbons (Fsp3) is 0.423. The smallest absolute Gasteiger partial charge is 0.232 e. The third-order valence-corrected chi connectivity index (χ3v) is 6.49. The molecule has 2 aromatic carbocycles. The van der Waals surface area contributed by atoms with Crippen LogP contribution in [0.25, 0.3) is 0 Å². The van der Waals surface area contributed by atoms with Gasteiger partial charge in [-0.15, -0.1) is 0 Å². The average molecular weight is 529 g/mol. The van der Waals surface area contributed by atoms with Crippen molar-refractivity contribution in [3.63, 3.8) is 0 Å². The molecule has 1 saturated heterocycles. The lowest BCUT2D eigenvalue weighted by atomic mass is 9.96. The highest BCUT2D eigenvalue weighted by Gasteiger charge is 2.24. The molecule has 38 heavy (non-hydrogen) atoms. The number of methoxy groups -OCH3 is 1. The van der Waals surface area contributed by atoms with Crippen molar-refractivity contribution in [2.75, 3.05) is 61.6 Å². The summed E-state index contributed by atoms with van der Waals surface area (Å²) in [6.45, 7) is 7.00. The molecular formula is C26H34F2N8O2. The Labute approximate surface area is 220 Å². The van der Waals surface area contributed by atoms with E-state index in [0.717, 1.165) is 44.0 Å². The van der Waals surface area contributed by atoms with E-state index in [2.05, 4.69) is 35.4 Å². The molecule has 1 aromatic heterocycles. The molecule has 2 heterocycles. The lowest BCUT2D eigenvalue weighted by molar-refractivity contribution is 0.0789. The fourth-order valence-corrected chi connectivity index (χ4v) is 4.42. The van der Waals surface area contributed by atoms with Crippen molar-refractivity contribution in [2.45, 2.75) is 32.3 Å². The lowest BCUT2D eigenvalue weighted by Crippen LogP contribution is -2.31. The van der Waals surface area contributed by atoms with E-state index in [0.29, 0.717) is 17.1 Å². The quantitative estimate of drug-likeness (QED) is 0.287. The molecule has 0 spiro atoms. The molecule has 0 unspecified atom stereocenters. The number of rotatable bonds is 10. The van der Waals surface area contributed by atoms with Crippen molar-refractivity contribution in [1.29, 1.82) is 0 Å². The summed E-state index contributed by atoms with van der Waals surface area (Å²) in [5.41, 5.74) is 7.16. The number of likely N-dealkylation sites (tertiary alicyclic amines) is 1. The molecule has 0 atom stereocenters. The van der Waals surface area contributed by atoms with Crippen molar-refractivity contribution < 1.29 is 18.6 Å². The van der Waals surface area contributed by atoms with E-state index in [4.69, 9.17) is 10.5 Å². The maximum absolute atomic E-state index is 14.0. The Balaban J connectivity index is 1.53. The summed E-state index contributed by atoms with van der Waals surface area (Å²) < 4.78 is 33.4. The third-order valence-electron chi connectivity index (χ3n) is 6.49. The number of hydrogen-bond acceptors (Lipinski definition) is 10. The minimum Gasteiger partial charge on any atom is -0.494 e. The molecule has 0 radical (unpaired) electrons. The lowest BCUT2D eigenvalue weighted by Gasteiger charge is -2.25. The molecule has 10 nitrogen and oxygen atoms in total. The molecule has 0 bridgehead atoms. The van der Waals surface area contributed by atoms with Gasteiger partial charge in [0.15, 0.2) is 11.6 Å². The van der Waals surface area contributed by atoms with Crippen molar-refractivity contribution in [3.05, 3.63) is 47.8 Å². The molecule has 4 rings (SSSR count). The SMILES string of the molecule is COc1cc(N(C)CCN2CCCC2)c(N)cc1Nc1ncnc(Nc2cc(F)c(F)cc2C(C)(C)O)n1. The first kappa shape index (κ1) is 27.3. The van der Waals surface area contributed by atoms with E-state index in [-0.39, 0.29) is 23.1 Å². The van der Waals surface area contributed by atoms with Crippen LogP contribution in [0, 0.1) is 11.6 Å². The maximum atomic E-state index is 14.0. The van der Waals surface area contributed by atoms with Crippen LogP contribution in [0.1, 0.15) is 32.3 Å². The molecule has 1 fully saturated rings. The van der Waals surface area contributed by atoms with Gasteiger partial charge in [0.2, 0.25) is 11.9 Å². The third kappa shape index (κ3) is 6.37. The number of nitrogens with one attached hydrogen (secondary N) is 2. The Kier molecular flexibility index (Phi) is 8.12. The zero-order valence-electron chi connectivity index (χ0n) is 22.1. The highest BCUT2D eigenvalue weighted by Crippen LogP contribution is 2.36. The highest BCUT2D eigenvalue weighted by molar-refractivity contribution is 5.79. The molecule has 0 amide bonds. The monoisotopic (exact) mass is 528 g/mol. The van der Waals surface area contributed by atoms with Gasteiger partial charge < -0.3 is 36.0 Å². The Bertz CT molecular complexity index is 1280. The van der Waals surface area contributed by atoms with Gasteiger partial charge in [0, 0.05) is 37.8 Å². The van der Waals surface area contributed by atoms with E-state index in [1.807, 2.05) is 13.1 Å². The molecule has 5 N–H and O–H groups in total. The average Bonchev–Trinajstić information content (AvgIpc) is 3.38. The number of halogens is 2. The number of hydrogen-bond donors (Lipinski definition) is 4. The van der Waals surface area contributed by atoms with Gasteiger partial charge in [0.1, 0.15) is 12.1 Å². The highest BCUT2D eigenvalue weighted by atomic mass is 19.2. The van der Waals surface area contributed by atoms with Gasteiger partial charge in [-0.05, 0) is 51.9 Å². The fourth-order valence-electron chi connectivity index (χ4n) is 4.42. The van der Waals surface area contributed by atoms with Crippen LogP contribution >= 0.6 is 0 Å². The van der Waals surface area contributed by atoms with Crippen LogP contribution in [0.15, 0.2) is 30.6 Å². The van der Waals surface area contributed by atoms with Crippen molar-refractivity contribution in [3.8, 4) is 5.75 Å². The van der Waals surface area contributed by atoms with E-state index in [1.165, 1.54) is 33.0 Å². The summed E-state index contributed by atoms with van der Waals surface area (Å²) >= 11 is 0. The number of ether oxygens (including phenoxy) is 1. The number of aliphatic hydroxyl groups is 1. The van der Waals surface area contributed by atoms with Crippen LogP contribution in [0.4, 0.5) is 43.4 Å². The number of nitrogens with zero attached hydrogens (tertiary/aromatic N) is 5. The molecular weight excluding hydrogens is 494 g/mol. The van der Waals surface area contributed by atoms with Crippen LogP contribution in [0.2, 0.25) is 0 Å².